The second-order valence-electron chi connectivity index (χ2n) is 7.04. The fraction of sp³-hybridized carbons (Fsp3) is 0.318. The number of anilines is 2. The molecule has 0 saturated carbocycles. The van der Waals surface area contributed by atoms with Crippen LogP contribution in [0.4, 0.5) is 11.5 Å². The summed E-state index contributed by atoms with van der Waals surface area (Å²) in [7, 11) is 0. The quantitative estimate of drug-likeness (QED) is 0.604. The van der Waals surface area contributed by atoms with E-state index in [-0.39, 0.29) is 12.3 Å². The number of morpholine rings is 1. The molecule has 1 aliphatic rings. The van der Waals surface area contributed by atoms with Gasteiger partial charge >= 0.3 is 0 Å². The van der Waals surface area contributed by atoms with Gasteiger partial charge in [-0.1, -0.05) is 0 Å². The molecule has 0 aliphatic carbocycles. The Balaban J connectivity index is 1.49. The van der Waals surface area contributed by atoms with Crippen LogP contribution >= 0.6 is 11.8 Å². The molecule has 0 spiro atoms. The zero-order chi connectivity index (χ0) is 21.5. The first-order valence-electron chi connectivity index (χ1n) is 10.1. The Morgan fingerprint density at radius 3 is 2.58 bits per heavy atom. The van der Waals surface area contributed by atoms with Gasteiger partial charge in [0.25, 0.3) is 0 Å². The second-order valence-corrected chi connectivity index (χ2v) is 7.91. The largest absolute Gasteiger partial charge is 0.378 e. The molecular weight excluding hydrogens is 412 g/mol. The average molecular weight is 437 g/mol. The highest BCUT2D eigenvalue weighted by atomic mass is 32.2. The minimum Gasteiger partial charge on any atom is -0.378 e. The molecule has 1 saturated heterocycles. The van der Waals surface area contributed by atoms with E-state index in [0.717, 1.165) is 35.9 Å². The summed E-state index contributed by atoms with van der Waals surface area (Å²) in [4.78, 5) is 32.2. The van der Waals surface area contributed by atoms with Crippen molar-refractivity contribution in [2.45, 2.75) is 12.2 Å². The van der Waals surface area contributed by atoms with Gasteiger partial charge in [0.05, 0.1) is 25.3 Å². The van der Waals surface area contributed by atoms with Gasteiger partial charge in [-0.3, -0.25) is 4.79 Å². The van der Waals surface area contributed by atoms with Crippen LogP contribution in [-0.4, -0.2) is 58.4 Å². The van der Waals surface area contributed by atoms with Crippen LogP contribution in [0.15, 0.2) is 48.8 Å². The van der Waals surface area contributed by atoms with E-state index in [1.54, 1.807) is 30.2 Å². The predicted octanol–water partition coefficient (Wildman–Crippen LogP) is 2.81. The van der Waals surface area contributed by atoms with Crippen LogP contribution in [0, 0.1) is 0 Å². The van der Waals surface area contributed by atoms with Crippen molar-refractivity contribution < 1.29 is 9.53 Å². The summed E-state index contributed by atoms with van der Waals surface area (Å²) in [6.45, 7) is 3.07. The number of nitrogens with zero attached hydrogens (tertiary/aromatic N) is 5. The Morgan fingerprint density at radius 1 is 1.13 bits per heavy atom. The monoisotopic (exact) mass is 436 g/mol. The number of aromatic nitrogens is 4. The van der Waals surface area contributed by atoms with Gasteiger partial charge in [0.15, 0.2) is 5.82 Å². The van der Waals surface area contributed by atoms with E-state index in [2.05, 4.69) is 32.5 Å². The zero-order valence-corrected chi connectivity index (χ0v) is 18.1. The van der Waals surface area contributed by atoms with Crippen molar-refractivity contribution in [3.05, 3.63) is 60.3 Å². The topological polar surface area (TPSA) is 93.1 Å². The molecular formula is C22H24N6O2S. The molecule has 0 atom stereocenters. The molecule has 1 fully saturated rings. The average Bonchev–Trinajstić information content (AvgIpc) is 2.81. The Bertz CT molecular complexity index is 1010. The predicted molar refractivity (Wildman–Crippen MR) is 122 cm³/mol. The maximum Gasteiger partial charge on any atom is 0.232 e. The lowest BCUT2D eigenvalue weighted by molar-refractivity contribution is -0.115. The normalized spacial score (nSPS) is 13.8. The summed E-state index contributed by atoms with van der Waals surface area (Å²) in [6.07, 6.45) is 5.45. The van der Waals surface area contributed by atoms with Gasteiger partial charge in [-0.2, -0.15) is 11.8 Å². The number of amides is 1. The van der Waals surface area contributed by atoms with Crippen LogP contribution in [0.2, 0.25) is 0 Å². The number of hydrogen-bond donors (Lipinski definition) is 1. The van der Waals surface area contributed by atoms with Crippen LogP contribution in [0.25, 0.3) is 11.4 Å². The van der Waals surface area contributed by atoms with E-state index in [9.17, 15) is 4.79 Å². The van der Waals surface area contributed by atoms with Crippen molar-refractivity contribution in [2.24, 2.45) is 0 Å². The Hall–Kier alpha value is -3.04. The number of carbonyl (C=O) groups excluding carboxylic acids is 1. The molecule has 4 rings (SSSR count). The molecule has 0 unspecified atom stereocenters. The lowest BCUT2D eigenvalue weighted by Crippen LogP contribution is -2.37. The minimum absolute atomic E-state index is 0.130. The summed E-state index contributed by atoms with van der Waals surface area (Å²) in [5.41, 5.74) is 2.61. The van der Waals surface area contributed by atoms with E-state index >= 15 is 0 Å². The number of ether oxygens (including phenoxy) is 1. The number of benzene rings is 1. The third-order valence-electron chi connectivity index (χ3n) is 4.76. The highest BCUT2D eigenvalue weighted by Crippen LogP contribution is 2.24. The van der Waals surface area contributed by atoms with E-state index in [0.29, 0.717) is 30.5 Å². The second kappa shape index (κ2) is 10.3. The maximum atomic E-state index is 12.2. The van der Waals surface area contributed by atoms with Gasteiger partial charge in [0, 0.05) is 48.6 Å². The van der Waals surface area contributed by atoms with Crippen LogP contribution in [-0.2, 0) is 21.7 Å². The molecule has 2 aromatic heterocycles. The van der Waals surface area contributed by atoms with Gasteiger partial charge in [0.2, 0.25) is 5.91 Å². The lowest BCUT2D eigenvalue weighted by atomic mass is 10.2. The van der Waals surface area contributed by atoms with Gasteiger partial charge < -0.3 is 15.0 Å². The third-order valence-corrected chi connectivity index (χ3v) is 5.34. The van der Waals surface area contributed by atoms with Gasteiger partial charge in [-0.25, -0.2) is 19.9 Å². The molecule has 160 valence electrons. The van der Waals surface area contributed by atoms with Crippen molar-refractivity contribution in [3.8, 4) is 11.4 Å². The van der Waals surface area contributed by atoms with Crippen LogP contribution in [0.3, 0.4) is 0 Å². The van der Waals surface area contributed by atoms with Crippen molar-refractivity contribution in [2.75, 3.05) is 42.8 Å². The highest BCUT2D eigenvalue weighted by molar-refractivity contribution is 7.97. The molecule has 3 heterocycles. The SMILES string of the molecule is CSCc1cc(N2CCOCC2)nc(-c2ccc(NC(=O)Cc3ncccn3)cc2)n1. The molecule has 0 radical (unpaired) electrons. The number of hydrogen-bond acceptors (Lipinski definition) is 8. The Kier molecular flexibility index (Phi) is 7.06. The zero-order valence-electron chi connectivity index (χ0n) is 17.3. The fourth-order valence-electron chi connectivity index (χ4n) is 3.26. The first-order valence-corrected chi connectivity index (χ1v) is 11.5. The Labute approximate surface area is 185 Å². The summed E-state index contributed by atoms with van der Waals surface area (Å²) >= 11 is 1.73. The molecule has 0 bridgehead atoms. The van der Waals surface area contributed by atoms with Gasteiger partial charge in [0.1, 0.15) is 11.6 Å². The fourth-order valence-corrected chi connectivity index (χ4v) is 3.70. The highest BCUT2D eigenvalue weighted by Gasteiger charge is 2.16. The van der Waals surface area contributed by atoms with E-state index in [4.69, 9.17) is 14.7 Å². The molecule has 1 aliphatic heterocycles. The minimum atomic E-state index is -0.160. The summed E-state index contributed by atoms with van der Waals surface area (Å²) in [6, 6.07) is 11.4. The smallest absolute Gasteiger partial charge is 0.232 e. The van der Waals surface area contributed by atoms with Crippen molar-refractivity contribution in [3.63, 3.8) is 0 Å². The van der Waals surface area contributed by atoms with E-state index in [1.165, 1.54) is 0 Å². The maximum absolute atomic E-state index is 12.2. The van der Waals surface area contributed by atoms with Crippen LogP contribution in [0.1, 0.15) is 11.5 Å². The van der Waals surface area contributed by atoms with E-state index in [1.807, 2.05) is 24.3 Å². The van der Waals surface area contributed by atoms with Gasteiger partial charge in [-0.15, -0.1) is 0 Å². The first kappa shape index (κ1) is 21.2. The van der Waals surface area contributed by atoms with Crippen molar-refractivity contribution >= 4 is 29.2 Å². The summed E-state index contributed by atoms with van der Waals surface area (Å²) < 4.78 is 5.46. The lowest BCUT2D eigenvalue weighted by Gasteiger charge is -2.28. The standard InChI is InChI=1S/C22H24N6O2S/c1-31-15-18-13-20(28-9-11-30-12-10-28)27-22(26-18)16-3-5-17(6-4-16)25-21(29)14-19-23-7-2-8-24-19/h2-8,13H,9-12,14-15H2,1H3,(H,25,29). The van der Waals surface area contributed by atoms with Crippen molar-refractivity contribution in [1.29, 1.82) is 0 Å². The number of nitrogens with one attached hydrogen (secondary N) is 1. The molecule has 1 amide bonds. The number of carbonyl (C=O) groups is 1. The van der Waals surface area contributed by atoms with Gasteiger partial charge in [-0.05, 0) is 36.6 Å². The van der Waals surface area contributed by atoms with Crippen molar-refractivity contribution in [1.82, 2.24) is 19.9 Å². The van der Waals surface area contributed by atoms with E-state index < -0.39 is 0 Å². The summed E-state index contributed by atoms with van der Waals surface area (Å²) in [5.74, 6) is 2.77. The number of rotatable bonds is 7. The van der Waals surface area contributed by atoms with Crippen LogP contribution in [0.5, 0.6) is 0 Å². The third kappa shape index (κ3) is 5.77. The molecule has 9 heteroatoms. The summed E-state index contributed by atoms with van der Waals surface area (Å²) in [5, 5.41) is 2.88. The number of thioether (sulfide) groups is 1. The molecule has 1 N–H and O–H groups in total. The first-order chi connectivity index (χ1) is 15.2. The molecule has 1 aromatic carbocycles. The molecule has 3 aromatic rings. The van der Waals surface area contributed by atoms with Crippen LogP contribution < -0.4 is 10.2 Å². The molecule has 31 heavy (non-hydrogen) atoms. The molecule has 8 nitrogen and oxygen atoms in total. The Morgan fingerprint density at radius 2 is 1.87 bits per heavy atom.